The summed E-state index contributed by atoms with van der Waals surface area (Å²) in [4.78, 5) is 15.1. The molecule has 1 saturated heterocycles. The molecule has 4 rings (SSSR count). The van der Waals surface area contributed by atoms with E-state index in [1.165, 1.54) is 12.1 Å². The molecule has 0 aromatic heterocycles. The van der Waals surface area contributed by atoms with E-state index in [4.69, 9.17) is 4.74 Å². The number of carbonyl (C=O) groups excluding carboxylic acids is 1. The number of aryl methyl sites for hydroxylation is 1. The van der Waals surface area contributed by atoms with Crippen molar-refractivity contribution >= 4 is 33.0 Å². The average Bonchev–Trinajstić information content (AvgIpc) is 2.81. The highest BCUT2D eigenvalue weighted by atomic mass is 32.2. The fourth-order valence-electron chi connectivity index (χ4n) is 3.49. The van der Waals surface area contributed by atoms with Crippen LogP contribution in [0.25, 0.3) is 0 Å². The number of sulfonamides is 1. The molecule has 0 atom stereocenters. The SMILES string of the molecule is Cc1ccc(NS(=O)(=O)c2cccc(C(=O)Nc3ccccc3N3CCOCC3)c2)cc1. The van der Waals surface area contributed by atoms with Gasteiger partial charge in [-0.3, -0.25) is 9.52 Å². The summed E-state index contributed by atoms with van der Waals surface area (Å²) in [5.41, 5.74) is 3.34. The van der Waals surface area contributed by atoms with Crippen LogP contribution in [-0.4, -0.2) is 40.6 Å². The molecule has 1 aliphatic heterocycles. The van der Waals surface area contributed by atoms with Crippen LogP contribution >= 0.6 is 0 Å². The fraction of sp³-hybridized carbons (Fsp3) is 0.208. The lowest BCUT2D eigenvalue weighted by Crippen LogP contribution is -2.36. The first-order valence-corrected chi connectivity index (χ1v) is 11.8. The van der Waals surface area contributed by atoms with Gasteiger partial charge >= 0.3 is 0 Å². The molecule has 7 nitrogen and oxygen atoms in total. The monoisotopic (exact) mass is 451 g/mol. The van der Waals surface area contributed by atoms with Crippen LogP contribution in [0.15, 0.2) is 77.7 Å². The third-order valence-electron chi connectivity index (χ3n) is 5.21. The van der Waals surface area contributed by atoms with Crippen molar-refractivity contribution in [2.75, 3.05) is 41.2 Å². The molecule has 0 radical (unpaired) electrons. The molecule has 0 aliphatic carbocycles. The van der Waals surface area contributed by atoms with E-state index in [1.54, 1.807) is 24.3 Å². The van der Waals surface area contributed by atoms with Gasteiger partial charge in [0.25, 0.3) is 15.9 Å². The zero-order valence-corrected chi connectivity index (χ0v) is 18.6. The van der Waals surface area contributed by atoms with Gasteiger partial charge in [0, 0.05) is 24.3 Å². The van der Waals surface area contributed by atoms with Gasteiger partial charge in [-0.1, -0.05) is 35.9 Å². The highest BCUT2D eigenvalue weighted by Gasteiger charge is 2.19. The van der Waals surface area contributed by atoms with Crippen molar-refractivity contribution in [3.63, 3.8) is 0 Å². The Morgan fingerprint density at radius 2 is 1.66 bits per heavy atom. The van der Waals surface area contributed by atoms with Crippen molar-refractivity contribution in [1.29, 1.82) is 0 Å². The van der Waals surface area contributed by atoms with E-state index in [-0.39, 0.29) is 16.4 Å². The molecule has 0 unspecified atom stereocenters. The Bertz CT molecular complexity index is 1200. The minimum absolute atomic E-state index is 0.0205. The van der Waals surface area contributed by atoms with Crippen LogP contribution in [0, 0.1) is 6.92 Å². The number of para-hydroxylation sites is 2. The lowest BCUT2D eigenvalue weighted by Gasteiger charge is -2.30. The molecule has 0 spiro atoms. The summed E-state index contributed by atoms with van der Waals surface area (Å²) in [5.74, 6) is -0.377. The number of benzene rings is 3. The third kappa shape index (κ3) is 5.09. The second-order valence-corrected chi connectivity index (χ2v) is 9.25. The maximum absolute atomic E-state index is 13.0. The van der Waals surface area contributed by atoms with E-state index in [9.17, 15) is 13.2 Å². The Morgan fingerprint density at radius 3 is 2.41 bits per heavy atom. The Balaban J connectivity index is 1.53. The lowest BCUT2D eigenvalue weighted by molar-refractivity contribution is 0.102. The molecule has 3 aromatic carbocycles. The van der Waals surface area contributed by atoms with Gasteiger partial charge in [-0.2, -0.15) is 0 Å². The van der Waals surface area contributed by atoms with Crippen LogP contribution in [0.4, 0.5) is 17.1 Å². The molecule has 1 amide bonds. The van der Waals surface area contributed by atoms with E-state index in [0.717, 1.165) is 24.3 Å². The zero-order valence-electron chi connectivity index (χ0n) is 17.7. The van der Waals surface area contributed by atoms with Gasteiger partial charge in [0.05, 0.1) is 29.5 Å². The van der Waals surface area contributed by atoms with E-state index in [2.05, 4.69) is 14.9 Å². The molecule has 1 fully saturated rings. The van der Waals surface area contributed by atoms with Crippen molar-refractivity contribution in [3.05, 3.63) is 83.9 Å². The van der Waals surface area contributed by atoms with E-state index < -0.39 is 10.0 Å². The highest BCUT2D eigenvalue weighted by Crippen LogP contribution is 2.27. The number of nitrogens with one attached hydrogen (secondary N) is 2. The van der Waals surface area contributed by atoms with Gasteiger partial charge in [-0.25, -0.2) is 8.42 Å². The Labute approximate surface area is 188 Å². The molecule has 166 valence electrons. The standard InChI is InChI=1S/C24H25N3O4S/c1-18-9-11-20(12-10-18)26-32(29,30)21-6-4-5-19(17-21)24(28)25-22-7-2-3-8-23(22)27-13-15-31-16-14-27/h2-12,17,26H,13-16H2,1H3,(H,25,28). The second-order valence-electron chi connectivity index (χ2n) is 7.57. The number of carbonyl (C=O) groups is 1. The molecular weight excluding hydrogens is 426 g/mol. The number of anilines is 3. The van der Waals surface area contributed by atoms with Gasteiger partial charge in [0.2, 0.25) is 0 Å². The maximum Gasteiger partial charge on any atom is 0.261 e. The van der Waals surface area contributed by atoms with Crippen LogP contribution in [0.1, 0.15) is 15.9 Å². The van der Waals surface area contributed by atoms with Crippen molar-refractivity contribution in [2.45, 2.75) is 11.8 Å². The maximum atomic E-state index is 13.0. The first kappa shape index (κ1) is 21.9. The summed E-state index contributed by atoms with van der Waals surface area (Å²) >= 11 is 0. The zero-order chi connectivity index (χ0) is 22.6. The lowest BCUT2D eigenvalue weighted by atomic mass is 10.2. The number of hydrogen-bond donors (Lipinski definition) is 2. The molecule has 0 saturated carbocycles. The Hall–Kier alpha value is -3.36. The first-order valence-electron chi connectivity index (χ1n) is 10.3. The number of amides is 1. The topological polar surface area (TPSA) is 87.7 Å². The predicted octanol–water partition coefficient (Wildman–Crippen LogP) is 3.88. The number of morpholine rings is 1. The molecular formula is C24H25N3O4S. The summed E-state index contributed by atoms with van der Waals surface area (Å²) in [6, 6.07) is 20.6. The Morgan fingerprint density at radius 1 is 0.938 bits per heavy atom. The fourth-order valence-corrected chi connectivity index (χ4v) is 4.60. The molecule has 1 heterocycles. The molecule has 2 N–H and O–H groups in total. The van der Waals surface area contributed by atoms with Crippen molar-refractivity contribution in [3.8, 4) is 0 Å². The molecule has 8 heteroatoms. The summed E-state index contributed by atoms with van der Waals surface area (Å²) in [7, 11) is -3.83. The average molecular weight is 452 g/mol. The van der Waals surface area contributed by atoms with Gasteiger partial charge in [0.15, 0.2) is 0 Å². The van der Waals surface area contributed by atoms with Crippen molar-refractivity contribution in [1.82, 2.24) is 0 Å². The van der Waals surface area contributed by atoms with E-state index in [1.807, 2.05) is 43.3 Å². The summed E-state index contributed by atoms with van der Waals surface area (Å²) < 4.78 is 33.6. The van der Waals surface area contributed by atoms with Gasteiger partial charge in [0.1, 0.15) is 0 Å². The van der Waals surface area contributed by atoms with Gasteiger partial charge in [-0.15, -0.1) is 0 Å². The van der Waals surface area contributed by atoms with Crippen molar-refractivity contribution in [2.24, 2.45) is 0 Å². The third-order valence-corrected chi connectivity index (χ3v) is 6.59. The second kappa shape index (κ2) is 9.42. The number of hydrogen-bond acceptors (Lipinski definition) is 5. The predicted molar refractivity (Wildman–Crippen MR) is 126 cm³/mol. The highest BCUT2D eigenvalue weighted by molar-refractivity contribution is 7.92. The molecule has 0 bridgehead atoms. The number of nitrogens with zero attached hydrogens (tertiary/aromatic N) is 1. The van der Waals surface area contributed by atoms with Gasteiger partial charge < -0.3 is 15.0 Å². The van der Waals surface area contributed by atoms with E-state index >= 15 is 0 Å². The quantitative estimate of drug-likeness (QED) is 0.594. The largest absolute Gasteiger partial charge is 0.378 e. The smallest absolute Gasteiger partial charge is 0.261 e. The molecule has 1 aliphatic rings. The minimum Gasteiger partial charge on any atom is -0.378 e. The summed E-state index contributed by atoms with van der Waals surface area (Å²) in [5, 5.41) is 2.92. The minimum atomic E-state index is -3.83. The normalized spacial score (nSPS) is 14.1. The first-order chi connectivity index (χ1) is 15.4. The Kier molecular flexibility index (Phi) is 6.43. The molecule has 3 aromatic rings. The van der Waals surface area contributed by atoms with Crippen LogP contribution in [0.2, 0.25) is 0 Å². The van der Waals surface area contributed by atoms with Crippen LogP contribution in [0.3, 0.4) is 0 Å². The van der Waals surface area contributed by atoms with Gasteiger partial charge in [-0.05, 0) is 49.4 Å². The molecule has 32 heavy (non-hydrogen) atoms. The number of ether oxygens (including phenoxy) is 1. The van der Waals surface area contributed by atoms with E-state index in [0.29, 0.717) is 24.6 Å². The van der Waals surface area contributed by atoms with Crippen LogP contribution < -0.4 is 14.9 Å². The summed E-state index contributed by atoms with van der Waals surface area (Å²) in [6.07, 6.45) is 0. The van der Waals surface area contributed by atoms with Crippen LogP contribution in [0.5, 0.6) is 0 Å². The number of rotatable bonds is 6. The summed E-state index contributed by atoms with van der Waals surface area (Å²) in [6.45, 7) is 4.68. The van der Waals surface area contributed by atoms with Crippen molar-refractivity contribution < 1.29 is 17.9 Å². The van der Waals surface area contributed by atoms with Crippen LogP contribution in [-0.2, 0) is 14.8 Å².